The molecule has 4 heteroatoms. The number of aromatic nitrogens is 2. The van der Waals surface area contributed by atoms with Crippen molar-refractivity contribution >= 4 is 17.4 Å². The molecule has 0 amide bonds. The topological polar surface area (TPSA) is 51.8 Å². The maximum absolute atomic E-state index is 5.72. The number of hydrogen-bond donors (Lipinski definition) is 1. The highest BCUT2D eigenvalue weighted by molar-refractivity contribution is 7.98. The minimum Gasteiger partial charge on any atom is -0.399 e. The SMILES string of the molecule is CSc1ccnc(Cc2cccc(N)c2)n1. The van der Waals surface area contributed by atoms with Gasteiger partial charge in [-0.2, -0.15) is 0 Å². The molecule has 0 radical (unpaired) electrons. The molecular weight excluding hydrogens is 218 g/mol. The third-order valence-electron chi connectivity index (χ3n) is 2.20. The van der Waals surface area contributed by atoms with Crippen molar-refractivity contribution in [2.45, 2.75) is 11.4 Å². The first kappa shape index (κ1) is 11.0. The van der Waals surface area contributed by atoms with Gasteiger partial charge < -0.3 is 5.73 Å². The molecule has 0 aliphatic rings. The lowest BCUT2D eigenvalue weighted by molar-refractivity contribution is 0.911. The van der Waals surface area contributed by atoms with E-state index in [2.05, 4.69) is 9.97 Å². The van der Waals surface area contributed by atoms with Crippen LogP contribution in [0.4, 0.5) is 5.69 Å². The Labute approximate surface area is 99.1 Å². The Bertz CT molecular complexity index is 485. The molecule has 0 saturated carbocycles. The van der Waals surface area contributed by atoms with E-state index in [1.54, 1.807) is 18.0 Å². The molecular formula is C12H13N3S. The molecule has 2 N–H and O–H groups in total. The van der Waals surface area contributed by atoms with Crippen LogP contribution < -0.4 is 5.73 Å². The van der Waals surface area contributed by atoms with Crippen LogP contribution in [0.3, 0.4) is 0 Å². The lowest BCUT2D eigenvalue weighted by atomic mass is 10.1. The van der Waals surface area contributed by atoms with E-state index in [-0.39, 0.29) is 0 Å². The standard InChI is InChI=1S/C12H13N3S/c1-16-12-5-6-14-11(15-12)8-9-3-2-4-10(13)7-9/h2-7H,8,13H2,1H3. The molecule has 2 aromatic rings. The highest BCUT2D eigenvalue weighted by Crippen LogP contribution is 2.13. The summed E-state index contributed by atoms with van der Waals surface area (Å²) >= 11 is 1.62. The van der Waals surface area contributed by atoms with Crippen molar-refractivity contribution in [3.8, 4) is 0 Å². The van der Waals surface area contributed by atoms with Crippen molar-refractivity contribution in [2.75, 3.05) is 12.0 Å². The van der Waals surface area contributed by atoms with Gasteiger partial charge in [-0.15, -0.1) is 11.8 Å². The van der Waals surface area contributed by atoms with Crippen LogP contribution in [-0.2, 0) is 6.42 Å². The Kier molecular flexibility index (Phi) is 3.41. The minimum absolute atomic E-state index is 0.722. The zero-order valence-corrected chi connectivity index (χ0v) is 9.87. The third-order valence-corrected chi connectivity index (χ3v) is 2.85. The number of benzene rings is 1. The average Bonchev–Trinajstić information content (AvgIpc) is 2.29. The maximum Gasteiger partial charge on any atom is 0.133 e. The van der Waals surface area contributed by atoms with Gasteiger partial charge in [-0.3, -0.25) is 0 Å². The molecule has 0 aliphatic heterocycles. The number of nitrogen functional groups attached to an aromatic ring is 1. The van der Waals surface area contributed by atoms with Gasteiger partial charge in [0.15, 0.2) is 0 Å². The first-order chi connectivity index (χ1) is 7.78. The van der Waals surface area contributed by atoms with Crippen LogP contribution in [0.15, 0.2) is 41.6 Å². The second-order valence-corrected chi connectivity index (χ2v) is 4.26. The van der Waals surface area contributed by atoms with E-state index in [0.717, 1.165) is 28.5 Å². The molecule has 16 heavy (non-hydrogen) atoms. The largest absolute Gasteiger partial charge is 0.399 e. The second kappa shape index (κ2) is 4.99. The van der Waals surface area contributed by atoms with Crippen LogP contribution in [0, 0.1) is 0 Å². The van der Waals surface area contributed by atoms with Gasteiger partial charge in [-0.05, 0) is 30.0 Å². The van der Waals surface area contributed by atoms with E-state index in [1.165, 1.54) is 0 Å². The Morgan fingerprint density at radius 3 is 2.94 bits per heavy atom. The van der Waals surface area contributed by atoms with Crippen molar-refractivity contribution in [1.29, 1.82) is 0 Å². The van der Waals surface area contributed by atoms with E-state index in [9.17, 15) is 0 Å². The van der Waals surface area contributed by atoms with Crippen molar-refractivity contribution < 1.29 is 0 Å². The molecule has 2 rings (SSSR count). The number of nitrogens with zero attached hydrogens (tertiary/aromatic N) is 2. The first-order valence-corrected chi connectivity index (χ1v) is 6.21. The highest BCUT2D eigenvalue weighted by Gasteiger charge is 2.01. The Hall–Kier alpha value is -1.55. The third kappa shape index (κ3) is 2.73. The first-order valence-electron chi connectivity index (χ1n) is 4.98. The van der Waals surface area contributed by atoms with Crippen LogP contribution in [0.5, 0.6) is 0 Å². The fourth-order valence-corrected chi connectivity index (χ4v) is 1.86. The maximum atomic E-state index is 5.72. The van der Waals surface area contributed by atoms with Crippen LogP contribution in [0.25, 0.3) is 0 Å². The van der Waals surface area contributed by atoms with Crippen LogP contribution in [0.1, 0.15) is 11.4 Å². The number of thioether (sulfide) groups is 1. The molecule has 0 unspecified atom stereocenters. The van der Waals surface area contributed by atoms with Crippen molar-refractivity contribution in [1.82, 2.24) is 9.97 Å². The summed E-state index contributed by atoms with van der Waals surface area (Å²) in [5.41, 5.74) is 7.64. The molecule has 0 bridgehead atoms. The van der Waals surface area contributed by atoms with Gasteiger partial charge in [0.1, 0.15) is 5.82 Å². The van der Waals surface area contributed by atoms with E-state index in [4.69, 9.17) is 5.73 Å². The van der Waals surface area contributed by atoms with Gasteiger partial charge in [0.2, 0.25) is 0 Å². The van der Waals surface area contributed by atoms with Crippen molar-refractivity contribution in [3.05, 3.63) is 47.9 Å². The smallest absolute Gasteiger partial charge is 0.133 e. The summed E-state index contributed by atoms with van der Waals surface area (Å²) in [6.07, 6.45) is 4.52. The summed E-state index contributed by atoms with van der Waals surface area (Å²) in [6, 6.07) is 9.72. The van der Waals surface area contributed by atoms with Crippen molar-refractivity contribution in [2.24, 2.45) is 0 Å². The van der Waals surface area contributed by atoms with Crippen LogP contribution >= 0.6 is 11.8 Å². The molecule has 3 nitrogen and oxygen atoms in total. The van der Waals surface area contributed by atoms with Crippen LogP contribution in [-0.4, -0.2) is 16.2 Å². The number of hydrogen-bond acceptors (Lipinski definition) is 4. The normalized spacial score (nSPS) is 10.3. The van der Waals surface area contributed by atoms with Gasteiger partial charge in [0.05, 0.1) is 5.03 Å². The lowest BCUT2D eigenvalue weighted by Gasteiger charge is -2.02. The Balaban J connectivity index is 2.20. The predicted molar refractivity (Wildman–Crippen MR) is 67.5 cm³/mol. The molecule has 1 aromatic carbocycles. The molecule has 1 heterocycles. The van der Waals surface area contributed by atoms with Crippen molar-refractivity contribution in [3.63, 3.8) is 0 Å². The van der Waals surface area contributed by atoms with Gasteiger partial charge >= 0.3 is 0 Å². The van der Waals surface area contributed by atoms with Crippen LogP contribution in [0.2, 0.25) is 0 Å². The summed E-state index contributed by atoms with van der Waals surface area (Å²) in [7, 11) is 0. The molecule has 0 fully saturated rings. The monoisotopic (exact) mass is 231 g/mol. The fourth-order valence-electron chi connectivity index (χ4n) is 1.46. The van der Waals surface area contributed by atoms with Gasteiger partial charge in [-0.1, -0.05) is 12.1 Å². The van der Waals surface area contributed by atoms with E-state index >= 15 is 0 Å². The molecule has 0 saturated heterocycles. The minimum atomic E-state index is 0.722. The van der Waals surface area contributed by atoms with Gasteiger partial charge in [0.25, 0.3) is 0 Å². The van der Waals surface area contributed by atoms with E-state index in [1.807, 2.05) is 36.6 Å². The van der Waals surface area contributed by atoms with Gasteiger partial charge in [-0.25, -0.2) is 9.97 Å². The Morgan fingerprint density at radius 2 is 2.19 bits per heavy atom. The molecule has 1 aromatic heterocycles. The summed E-state index contributed by atoms with van der Waals surface area (Å²) in [5, 5.41) is 0.994. The summed E-state index contributed by atoms with van der Waals surface area (Å²) < 4.78 is 0. The summed E-state index contributed by atoms with van der Waals surface area (Å²) in [6.45, 7) is 0. The quantitative estimate of drug-likeness (QED) is 0.500. The fraction of sp³-hybridized carbons (Fsp3) is 0.167. The molecule has 82 valence electrons. The summed E-state index contributed by atoms with van der Waals surface area (Å²) in [5.74, 6) is 0.831. The number of anilines is 1. The molecule has 0 spiro atoms. The number of rotatable bonds is 3. The van der Waals surface area contributed by atoms with Gasteiger partial charge in [0, 0.05) is 18.3 Å². The van der Waals surface area contributed by atoms with E-state index < -0.39 is 0 Å². The second-order valence-electron chi connectivity index (χ2n) is 3.44. The average molecular weight is 231 g/mol. The zero-order chi connectivity index (χ0) is 11.4. The Morgan fingerprint density at radius 1 is 1.31 bits per heavy atom. The molecule has 0 atom stereocenters. The summed E-state index contributed by atoms with van der Waals surface area (Å²) in [4.78, 5) is 8.67. The molecule has 0 aliphatic carbocycles. The predicted octanol–water partition coefficient (Wildman–Crippen LogP) is 2.37. The lowest BCUT2D eigenvalue weighted by Crippen LogP contribution is -1.97. The zero-order valence-electron chi connectivity index (χ0n) is 9.05. The number of nitrogens with two attached hydrogens (primary N) is 1. The highest BCUT2D eigenvalue weighted by atomic mass is 32.2. The van der Waals surface area contributed by atoms with E-state index in [0.29, 0.717) is 0 Å².